The lowest BCUT2D eigenvalue weighted by molar-refractivity contribution is -0.134. The number of hydrogen-bond acceptors (Lipinski definition) is 1. The number of carbonyl (C=O) groups is 1. The zero-order valence-corrected chi connectivity index (χ0v) is 12.0. The summed E-state index contributed by atoms with van der Waals surface area (Å²) in [5, 5.41) is 0. The fourth-order valence-electron chi connectivity index (χ4n) is 1.85. The van der Waals surface area contributed by atoms with Gasteiger partial charge < -0.3 is 4.90 Å². The van der Waals surface area contributed by atoms with E-state index in [1.54, 1.807) is 0 Å². The Bertz CT molecular complexity index is 353. The van der Waals surface area contributed by atoms with Crippen molar-refractivity contribution in [3.8, 4) is 0 Å². The summed E-state index contributed by atoms with van der Waals surface area (Å²) >= 11 is 5.65. The van der Waals surface area contributed by atoms with Gasteiger partial charge in [0.15, 0.2) is 0 Å². The van der Waals surface area contributed by atoms with E-state index in [4.69, 9.17) is 11.6 Å². The van der Waals surface area contributed by atoms with Crippen LogP contribution in [0.5, 0.6) is 0 Å². The molecule has 0 heterocycles. The molecule has 1 atom stereocenters. The molecule has 2 nitrogen and oxygen atoms in total. The largest absolute Gasteiger partial charge is 0.336 e. The van der Waals surface area contributed by atoms with Gasteiger partial charge in [-0.25, -0.2) is 0 Å². The van der Waals surface area contributed by atoms with E-state index >= 15 is 0 Å². The molecule has 0 aliphatic heterocycles. The van der Waals surface area contributed by atoms with Gasteiger partial charge in [0, 0.05) is 24.9 Å². The van der Waals surface area contributed by atoms with Gasteiger partial charge in [0.05, 0.1) is 0 Å². The van der Waals surface area contributed by atoms with Gasteiger partial charge in [-0.15, -0.1) is 11.6 Å². The molecule has 18 heavy (non-hydrogen) atoms. The van der Waals surface area contributed by atoms with Crippen molar-refractivity contribution < 1.29 is 4.79 Å². The van der Waals surface area contributed by atoms with Gasteiger partial charge in [-0.3, -0.25) is 4.79 Å². The maximum atomic E-state index is 12.2. The van der Waals surface area contributed by atoms with Gasteiger partial charge >= 0.3 is 0 Å². The second-order valence-electron chi connectivity index (χ2n) is 4.56. The molecule has 1 unspecified atom stereocenters. The van der Waals surface area contributed by atoms with Crippen LogP contribution < -0.4 is 0 Å². The van der Waals surface area contributed by atoms with E-state index in [0.29, 0.717) is 18.8 Å². The number of nitrogens with zero attached hydrogens (tertiary/aromatic N) is 1. The molecular formula is C15H22ClNO. The van der Waals surface area contributed by atoms with Crippen LogP contribution in [0.1, 0.15) is 38.7 Å². The van der Waals surface area contributed by atoms with Gasteiger partial charge in [-0.2, -0.15) is 0 Å². The third kappa shape index (κ3) is 4.69. The Balaban J connectivity index is 2.69. The van der Waals surface area contributed by atoms with E-state index in [0.717, 1.165) is 12.8 Å². The van der Waals surface area contributed by atoms with E-state index in [1.807, 2.05) is 23.1 Å². The lowest BCUT2D eigenvalue weighted by Gasteiger charge is -2.29. The van der Waals surface area contributed by atoms with Crippen LogP contribution in [-0.2, 0) is 11.3 Å². The molecule has 0 saturated carbocycles. The minimum absolute atomic E-state index is 0.203. The highest BCUT2D eigenvalue weighted by Gasteiger charge is 2.18. The van der Waals surface area contributed by atoms with Crippen molar-refractivity contribution in [3.63, 3.8) is 0 Å². The van der Waals surface area contributed by atoms with Gasteiger partial charge in [-0.1, -0.05) is 37.3 Å². The summed E-state index contributed by atoms with van der Waals surface area (Å²) in [6.45, 7) is 4.90. The summed E-state index contributed by atoms with van der Waals surface area (Å²) < 4.78 is 0. The minimum atomic E-state index is 0.203. The fraction of sp³-hybridized carbons (Fsp3) is 0.533. The standard InChI is InChI=1S/C15H22ClNO/c1-3-13(2)17(15(18)10-7-11-16)12-14-8-5-4-6-9-14/h4-6,8-9,13H,3,7,10-12H2,1-2H3. The van der Waals surface area contributed by atoms with Gasteiger partial charge in [-0.05, 0) is 25.3 Å². The Labute approximate surface area is 115 Å². The summed E-state index contributed by atoms with van der Waals surface area (Å²) in [5.74, 6) is 0.750. The Morgan fingerprint density at radius 1 is 1.33 bits per heavy atom. The zero-order chi connectivity index (χ0) is 13.4. The van der Waals surface area contributed by atoms with E-state index in [-0.39, 0.29) is 11.9 Å². The smallest absolute Gasteiger partial charge is 0.223 e. The van der Waals surface area contributed by atoms with Crippen LogP contribution in [0.15, 0.2) is 30.3 Å². The molecule has 3 heteroatoms. The molecule has 0 aliphatic carbocycles. The molecule has 0 aliphatic rings. The normalized spacial score (nSPS) is 12.2. The quantitative estimate of drug-likeness (QED) is 0.688. The Morgan fingerprint density at radius 3 is 2.56 bits per heavy atom. The molecule has 0 N–H and O–H groups in total. The van der Waals surface area contributed by atoms with Crippen molar-refractivity contribution >= 4 is 17.5 Å². The molecule has 0 bridgehead atoms. The van der Waals surface area contributed by atoms with E-state index < -0.39 is 0 Å². The number of alkyl halides is 1. The fourth-order valence-corrected chi connectivity index (χ4v) is 1.99. The van der Waals surface area contributed by atoms with Crippen molar-refractivity contribution in [1.29, 1.82) is 0 Å². The second-order valence-corrected chi connectivity index (χ2v) is 4.94. The second kappa shape index (κ2) is 8.15. The number of benzene rings is 1. The lowest BCUT2D eigenvalue weighted by atomic mass is 10.1. The molecule has 100 valence electrons. The summed E-state index contributed by atoms with van der Waals surface area (Å²) in [5.41, 5.74) is 1.18. The van der Waals surface area contributed by atoms with Crippen LogP contribution in [0, 0.1) is 0 Å². The molecule has 0 aromatic heterocycles. The Kier molecular flexibility index (Phi) is 6.81. The average molecular weight is 268 g/mol. The maximum Gasteiger partial charge on any atom is 0.223 e. The Hall–Kier alpha value is -1.02. The first-order valence-corrected chi connectivity index (χ1v) is 7.11. The van der Waals surface area contributed by atoms with Crippen molar-refractivity contribution in [1.82, 2.24) is 4.90 Å². The van der Waals surface area contributed by atoms with Crippen molar-refractivity contribution in [2.24, 2.45) is 0 Å². The number of amides is 1. The molecule has 1 amide bonds. The first kappa shape index (κ1) is 15.0. The van der Waals surface area contributed by atoms with Crippen LogP contribution in [0.3, 0.4) is 0 Å². The van der Waals surface area contributed by atoms with E-state index in [2.05, 4.69) is 26.0 Å². The maximum absolute atomic E-state index is 12.2. The summed E-state index contributed by atoms with van der Waals surface area (Å²) in [6.07, 6.45) is 2.27. The SMILES string of the molecule is CCC(C)N(Cc1ccccc1)C(=O)CCCCl. The zero-order valence-electron chi connectivity index (χ0n) is 11.2. The van der Waals surface area contributed by atoms with Gasteiger partial charge in [0.25, 0.3) is 0 Å². The minimum Gasteiger partial charge on any atom is -0.336 e. The summed E-state index contributed by atoms with van der Waals surface area (Å²) in [6, 6.07) is 10.4. The number of hydrogen-bond donors (Lipinski definition) is 0. The molecule has 1 aromatic rings. The van der Waals surface area contributed by atoms with Crippen molar-refractivity contribution in [2.45, 2.75) is 45.7 Å². The monoisotopic (exact) mass is 267 g/mol. The first-order chi connectivity index (χ1) is 8.69. The third-order valence-electron chi connectivity index (χ3n) is 3.16. The third-order valence-corrected chi connectivity index (χ3v) is 3.43. The number of rotatable bonds is 7. The van der Waals surface area contributed by atoms with Crippen LogP contribution in [0.4, 0.5) is 0 Å². The average Bonchev–Trinajstić information content (AvgIpc) is 2.42. The molecular weight excluding hydrogens is 246 g/mol. The van der Waals surface area contributed by atoms with Crippen LogP contribution in [0.2, 0.25) is 0 Å². The van der Waals surface area contributed by atoms with E-state index in [9.17, 15) is 4.79 Å². The van der Waals surface area contributed by atoms with Crippen LogP contribution >= 0.6 is 11.6 Å². The number of carbonyl (C=O) groups excluding carboxylic acids is 1. The predicted molar refractivity (Wildman–Crippen MR) is 76.7 cm³/mol. The lowest BCUT2D eigenvalue weighted by Crippen LogP contribution is -2.37. The highest BCUT2D eigenvalue weighted by atomic mass is 35.5. The highest BCUT2D eigenvalue weighted by molar-refractivity contribution is 6.17. The molecule has 0 fully saturated rings. The van der Waals surface area contributed by atoms with Crippen molar-refractivity contribution in [3.05, 3.63) is 35.9 Å². The number of halogens is 1. The molecule has 1 rings (SSSR count). The highest BCUT2D eigenvalue weighted by Crippen LogP contribution is 2.13. The van der Waals surface area contributed by atoms with Crippen molar-refractivity contribution in [2.75, 3.05) is 5.88 Å². The first-order valence-electron chi connectivity index (χ1n) is 6.58. The van der Waals surface area contributed by atoms with Crippen LogP contribution in [0.25, 0.3) is 0 Å². The molecule has 0 spiro atoms. The summed E-state index contributed by atoms with van der Waals surface area (Å²) in [7, 11) is 0. The predicted octanol–water partition coefficient (Wildman–Crippen LogP) is 3.83. The van der Waals surface area contributed by atoms with Gasteiger partial charge in [0.1, 0.15) is 0 Å². The molecule has 0 saturated heterocycles. The van der Waals surface area contributed by atoms with Crippen LogP contribution in [-0.4, -0.2) is 22.7 Å². The van der Waals surface area contributed by atoms with Gasteiger partial charge in [0.2, 0.25) is 5.91 Å². The molecule has 1 aromatic carbocycles. The topological polar surface area (TPSA) is 20.3 Å². The summed E-state index contributed by atoms with van der Waals surface area (Å²) in [4.78, 5) is 14.1. The molecule has 0 radical (unpaired) electrons. The van der Waals surface area contributed by atoms with E-state index in [1.165, 1.54) is 5.56 Å². The Morgan fingerprint density at radius 2 is 2.00 bits per heavy atom.